The van der Waals surface area contributed by atoms with Gasteiger partial charge >= 0.3 is 0 Å². The van der Waals surface area contributed by atoms with E-state index in [4.69, 9.17) is 11.6 Å². The summed E-state index contributed by atoms with van der Waals surface area (Å²) < 4.78 is 29.7. The Bertz CT molecular complexity index is 1330. The molecule has 5 nitrogen and oxygen atoms in total. The molecule has 1 saturated heterocycles. The summed E-state index contributed by atoms with van der Waals surface area (Å²) in [5.74, 6) is 0. The predicted molar refractivity (Wildman–Crippen MR) is 121 cm³/mol. The van der Waals surface area contributed by atoms with Crippen LogP contribution in [-0.2, 0) is 10.0 Å². The highest BCUT2D eigenvalue weighted by Gasteiger charge is 2.27. The van der Waals surface area contributed by atoms with Gasteiger partial charge in [-0.1, -0.05) is 17.7 Å². The minimum atomic E-state index is -3.76. The fourth-order valence-corrected chi connectivity index (χ4v) is 7.37. The first-order chi connectivity index (χ1) is 14.0. The molecule has 0 unspecified atom stereocenters. The number of aryl methyl sites for hydroxylation is 1. The second-order valence-electron chi connectivity index (χ2n) is 7.19. The summed E-state index contributed by atoms with van der Waals surface area (Å²) in [7, 11) is -3.76. The summed E-state index contributed by atoms with van der Waals surface area (Å²) >= 11 is 7.65. The van der Waals surface area contributed by atoms with Crippen molar-refractivity contribution in [3.05, 3.63) is 58.6 Å². The number of hydrogen-bond acceptors (Lipinski definition) is 5. The van der Waals surface area contributed by atoms with E-state index in [0.29, 0.717) is 20.8 Å². The van der Waals surface area contributed by atoms with Crippen LogP contribution in [0.25, 0.3) is 21.0 Å². The number of fused-ring (bicyclic) bond motifs is 2. The van der Waals surface area contributed by atoms with Crippen LogP contribution in [0.4, 0.5) is 5.69 Å². The highest BCUT2D eigenvalue weighted by Crippen LogP contribution is 2.38. The lowest BCUT2D eigenvalue weighted by atomic mass is 10.2. The van der Waals surface area contributed by atoms with Gasteiger partial charge < -0.3 is 10.2 Å². The fourth-order valence-electron chi connectivity index (χ4n) is 4.11. The molecule has 150 valence electrons. The second-order valence-corrected chi connectivity index (χ2v) is 10.6. The van der Waals surface area contributed by atoms with Crippen LogP contribution in [0.15, 0.2) is 53.6 Å². The van der Waals surface area contributed by atoms with E-state index in [9.17, 15) is 8.42 Å². The Hall–Kier alpha value is -2.06. The lowest BCUT2D eigenvalue weighted by Gasteiger charge is -2.30. The number of benzene rings is 2. The standard InChI is InChI=1S/C21H20ClN3O2S2/c1-14-21(17-13-15(22)5-6-20(17)28-14)29(26,27)25-10-7-16-18(3-2-4-19(16)25)24-11-8-23-9-12-24/h2-7,10,13,23H,8-9,11-12H2,1H3. The van der Waals surface area contributed by atoms with E-state index >= 15 is 0 Å². The van der Waals surface area contributed by atoms with Gasteiger partial charge in [0.1, 0.15) is 4.90 Å². The van der Waals surface area contributed by atoms with Crippen molar-refractivity contribution in [1.82, 2.24) is 9.29 Å². The van der Waals surface area contributed by atoms with Crippen molar-refractivity contribution in [1.29, 1.82) is 0 Å². The Kier molecular flexibility index (Phi) is 4.58. The number of anilines is 1. The Morgan fingerprint density at radius 3 is 2.66 bits per heavy atom. The smallest absolute Gasteiger partial charge is 0.269 e. The number of thiophene rings is 1. The summed E-state index contributed by atoms with van der Waals surface area (Å²) in [4.78, 5) is 3.41. The number of hydrogen-bond donors (Lipinski definition) is 1. The van der Waals surface area contributed by atoms with Crippen molar-refractivity contribution in [3.63, 3.8) is 0 Å². The molecule has 2 aromatic carbocycles. The molecule has 3 heterocycles. The summed E-state index contributed by atoms with van der Waals surface area (Å²) in [5.41, 5.74) is 1.77. The third kappa shape index (κ3) is 3.04. The maximum atomic E-state index is 13.7. The highest BCUT2D eigenvalue weighted by atomic mass is 35.5. The van der Waals surface area contributed by atoms with Gasteiger partial charge in [-0.05, 0) is 43.3 Å². The number of nitrogens with zero attached hydrogens (tertiary/aromatic N) is 2. The number of rotatable bonds is 3. The first kappa shape index (κ1) is 18.9. The fraction of sp³-hybridized carbons (Fsp3) is 0.238. The van der Waals surface area contributed by atoms with Crippen molar-refractivity contribution in [3.8, 4) is 0 Å². The molecule has 8 heteroatoms. The van der Waals surface area contributed by atoms with Crippen LogP contribution in [0, 0.1) is 6.92 Å². The van der Waals surface area contributed by atoms with Gasteiger partial charge in [0.25, 0.3) is 10.0 Å². The molecule has 1 N–H and O–H groups in total. The third-order valence-corrected chi connectivity index (χ3v) is 8.75. The molecule has 29 heavy (non-hydrogen) atoms. The molecule has 0 aliphatic carbocycles. The zero-order valence-corrected chi connectivity index (χ0v) is 18.2. The molecule has 5 rings (SSSR count). The van der Waals surface area contributed by atoms with Crippen molar-refractivity contribution in [2.24, 2.45) is 0 Å². The van der Waals surface area contributed by atoms with Crippen LogP contribution in [0.1, 0.15) is 4.88 Å². The van der Waals surface area contributed by atoms with E-state index in [-0.39, 0.29) is 0 Å². The molecular weight excluding hydrogens is 426 g/mol. The van der Waals surface area contributed by atoms with E-state index in [1.807, 2.05) is 31.2 Å². The van der Waals surface area contributed by atoms with E-state index in [1.165, 1.54) is 15.3 Å². The maximum absolute atomic E-state index is 13.7. The Labute approximate surface area is 178 Å². The van der Waals surface area contributed by atoms with Gasteiger partial charge in [0.15, 0.2) is 0 Å². The van der Waals surface area contributed by atoms with Gasteiger partial charge in [0.05, 0.1) is 5.52 Å². The van der Waals surface area contributed by atoms with E-state index in [1.54, 1.807) is 18.3 Å². The van der Waals surface area contributed by atoms with Gasteiger partial charge in [-0.25, -0.2) is 12.4 Å². The molecule has 0 spiro atoms. The first-order valence-electron chi connectivity index (χ1n) is 9.47. The molecule has 1 fully saturated rings. The van der Waals surface area contributed by atoms with E-state index < -0.39 is 10.0 Å². The highest BCUT2D eigenvalue weighted by molar-refractivity contribution is 7.90. The van der Waals surface area contributed by atoms with Crippen molar-refractivity contribution < 1.29 is 8.42 Å². The number of halogens is 1. The maximum Gasteiger partial charge on any atom is 0.269 e. The zero-order valence-electron chi connectivity index (χ0n) is 15.9. The minimum absolute atomic E-state index is 0.338. The summed E-state index contributed by atoms with van der Waals surface area (Å²) in [6, 6.07) is 13.2. The molecule has 1 aliphatic heterocycles. The Balaban J connectivity index is 1.70. The minimum Gasteiger partial charge on any atom is -0.368 e. The van der Waals surface area contributed by atoms with Gasteiger partial charge in [-0.3, -0.25) is 0 Å². The van der Waals surface area contributed by atoms with Crippen LogP contribution in [-0.4, -0.2) is 38.6 Å². The van der Waals surface area contributed by atoms with Gasteiger partial charge in [-0.15, -0.1) is 11.3 Å². The average molecular weight is 446 g/mol. The van der Waals surface area contributed by atoms with Gasteiger partial charge in [-0.2, -0.15) is 0 Å². The lowest BCUT2D eigenvalue weighted by Crippen LogP contribution is -2.43. The second kappa shape index (κ2) is 7.02. The molecule has 4 aromatic rings. The van der Waals surface area contributed by atoms with Crippen molar-refractivity contribution in [2.75, 3.05) is 31.1 Å². The summed E-state index contributed by atoms with van der Waals surface area (Å²) in [5, 5.41) is 5.52. The Morgan fingerprint density at radius 1 is 1.07 bits per heavy atom. The summed E-state index contributed by atoms with van der Waals surface area (Å²) in [6.45, 7) is 5.52. The number of piperazine rings is 1. The monoisotopic (exact) mass is 445 g/mol. The number of nitrogens with one attached hydrogen (secondary N) is 1. The van der Waals surface area contributed by atoms with Gasteiger partial charge in [0.2, 0.25) is 0 Å². The van der Waals surface area contributed by atoms with E-state index in [0.717, 1.165) is 46.8 Å². The van der Waals surface area contributed by atoms with E-state index in [2.05, 4.69) is 16.3 Å². The molecule has 2 aromatic heterocycles. The van der Waals surface area contributed by atoms with Crippen molar-refractivity contribution >= 4 is 59.6 Å². The largest absolute Gasteiger partial charge is 0.368 e. The number of aromatic nitrogens is 1. The van der Waals surface area contributed by atoms with Gasteiger partial charge in [0, 0.05) is 63.4 Å². The first-order valence-corrected chi connectivity index (χ1v) is 12.1. The zero-order chi connectivity index (χ0) is 20.2. The van der Waals surface area contributed by atoms with Crippen LogP contribution < -0.4 is 10.2 Å². The quantitative estimate of drug-likeness (QED) is 0.505. The molecule has 0 bridgehead atoms. The molecule has 0 amide bonds. The van der Waals surface area contributed by atoms with Crippen LogP contribution in [0.3, 0.4) is 0 Å². The van der Waals surface area contributed by atoms with Crippen LogP contribution in [0.2, 0.25) is 5.02 Å². The molecule has 1 aliphatic rings. The SMILES string of the molecule is Cc1sc2ccc(Cl)cc2c1S(=O)(=O)n1ccc2c(N3CCNCC3)cccc21. The predicted octanol–water partition coefficient (Wildman–Crippen LogP) is 4.46. The Morgan fingerprint density at radius 2 is 1.86 bits per heavy atom. The normalized spacial score (nSPS) is 15.4. The third-order valence-electron chi connectivity index (χ3n) is 5.42. The average Bonchev–Trinajstić information content (AvgIpc) is 3.29. The van der Waals surface area contributed by atoms with Crippen molar-refractivity contribution in [2.45, 2.75) is 11.8 Å². The molecule has 0 atom stereocenters. The molecule has 0 saturated carbocycles. The lowest BCUT2D eigenvalue weighted by molar-refractivity contribution is 0.589. The summed E-state index contributed by atoms with van der Waals surface area (Å²) in [6.07, 6.45) is 1.67. The topological polar surface area (TPSA) is 54.3 Å². The van der Waals surface area contributed by atoms with Crippen LogP contribution >= 0.6 is 22.9 Å². The molecule has 0 radical (unpaired) electrons. The van der Waals surface area contributed by atoms with Crippen LogP contribution in [0.5, 0.6) is 0 Å². The molecular formula is C21H20ClN3O2S2.